The number of tetrazole rings is 1. The fourth-order valence-electron chi connectivity index (χ4n) is 2.82. The van der Waals surface area contributed by atoms with Crippen molar-refractivity contribution < 1.29 is 4.79 Å². The highest BCUT2D eigenvalue weighted by molar-refractivity contribution is 7.08. The van der Waals surface area contributed by atoms with Gasteiger partial charge >= 0.3 is 0 Å². The van der Waals surface area contributed by atoms with Gasteiger partial charge in [0.1, 0.15) is 6.33 Å². The molecule has 1 aromatic carbocycles. The molecule has 9 nitrogen and oxygen atoms in total. The van der Waals surface area contributed by atoms with Crippen LogP contribution in [0.25, 0.3) is 10.9 Å². The van der Waals surface area contributed by atoms with E-state index in [0.717, 1.165) is 5.56 Å². The minimum absolute atomic E-state index is 0.158. The molecule has 1 amide bonds. The van der Waals surface area contributed by atoms with Gasteiger partial charge < -0.3 is 9.88 Å². The lowest BCUT2D eigenvalue weighted by atomic mass is 10.1. The van der Waals surface area contributed by atoms with E-state index in [9.17, 15) is 9.59 Å². The van der Waals surface area contributed by atoms with Crippen LogP contribution in [0.15, 0.2) is 52.5 Å². The van der Waals surface area contributed by atoms with Gasteiger partial charge in [0.05, 0.1) is 29.7 Å². The van der Waals surface area contributed by atoms with E-state index in [1.54, 1.807) is 41.3 Å². The van der Waals surface area contributed by atoms with Gasteiger partial charge in [0.2, 0.25) is 5.91 Å². The van der Waals surface area contributed by atoms with E-state index in [4.69, 9.17) is 0 Å². The summed E-state index contributed by atoms with van der Waals surface area (Å²) in [4.78, 5) is 29.1. The molecular weight excluding hydrogens is 366 g/mol. The Bertz CT molecular complexity index is 1100. The monoisotopic (exact) mass is 381 g/mol. The van der Waals surface area contributed by atoms with E-state index < -0.39 is 0 Å². The van der Waals surface area contributed by atoms with Crippen LogP contribution in [-0.4, -0.2) is 35.7 Å². The Hall–Kier alpha value is -3.40. The lowest BCUT2D eigenvalue weighted by Crippen LogP contribution is -2.21. The number of benzene rings is 1. The van der Waals surface area contributed by atoms with Crippen molar-refractivity contribution in [1.29, 1.82) is 0 Å². The van der Waals surface area contributed by atoms with Gasteiger partial charge in [-0.15, -0.1) is 5.10 Å². The fourth-order valence-corrected chi connectivity index (χ4v) is 3.52. The molecule has 0 radical (unpaired) electrons. The summed E-state index contributed by atoms with van der Waals surface area (Å²) in [5.41, 5.74) is 1.92. The van der Waals surface area contributed by atoms with Crippen LogP contribution in [0.3, 0.4) is 0 Å². The average Bonchev–Trinajstić information content (AvgIpc) is 3.37. The summed E-state index contributed by atoms with van der Waals surface area (Å²) in [7, 11) is 1.64. The van der Waals surface area contributed by atoms with Crippen molar-refractivity contribution in [3.8, 4) is 0 Å². The SMILES string of the molecule is Cn1cnc2ccc(NC(=O)CC(c3ccsc3)n3cnnn3)cc2c1=O. The standard InChI is InChI=1S/C17H15N7O2S/c1-23-9-18-14-3-2-12(6-13(14)17(23)26)20-16(25)7-15(11-4-5-27-8-11)24-10-19-21-22-24/h2-6,8-10,15H,7H2,1H3,(H,20,25). The normalized spacial score (nSPS) is 12.2. The first kappa shape index (κ1) is 17.0. The van der Waals surface area contributed by atoms with Gasteiger partial charge in [0.25, 0.3) is 5.56 Å². The van der Waals surface area contributed by atoms with E-state index in [0.29, 0.717) is 16.6 Å². The van der Waals surface area contributed by atoms with Crippen molar-refractivity contribution >= 4 is 33.8 Å². The summed E-state index contributed by atoms with van der Waals surface area (Å²) >= 11 is 1.54. The number of fused-ring (bicyclic) bond motifs is 1. The molecule has 27 heavy (non-hydrogen) atoms. The van der Waals surface area contributed by atoms with Crippen molar-refractivity contribution in [2.24, 2.45) is 7.05 Å². The predicted octanol–water partition coefficient (Wildman–Crippen LogP) is 1.60. The highest BCUT2D eigenvalue weighted by Crippen LogP contribution is 2.24. The Balaban J connectivity index is 1.57. The number of anilines is 1. The smallest absolute Gasteiger partial charge is 0.260 e. The van der Waals surface area contributed by atoms with E-state index in [-0.39, 0.29) is 23.9 Å². The van der Waals surface area contributed by atoms with Gasteiger partial charge in [0.15, 0.2) is 0 Å². The maximum atomic E-state index is 12.6. The summed E-state index contributed by atoms with van der Waals surface area (Å²) in [5.74, 6) is -0.207. The van der Waals surface area contributed by atoms with Gasteiger partial charge in [-0.3, -0.25) is 9.59 Å². The summed E-state index contributed by atoms with van der Waals surface area (Å²) in [5, 5.41) is 18.4. The zero-order valence-corrected chi connectivity index (χ0v) is 15.1. The van der Waals surface area contributed by atoms with Crippen LogP contribution < -0.4 is 10.9 Å². The van der Waals surface area contributed by atoms with Crippen LogP contribution in [0.1, 0.15) is 18.0 Å². The zero-order chi connectivity index (χ0) is 18.8. The summed E-state index contributed by atoms with van der Waals surface area (Å²) in [6.45, 7) is 0. The number of carbonyl (C=O) groups excluding carboxylic acids is 1. The summed E-state index contributed by atoms with van der Waals surface area (Å²) in [6, 6.07) is 6.71. The van der Waals surface area contributed by atoms with Crippen LogP contribution in [0.4, 0.5) is 5.69 Å². The lowest BCUT2D eigenvalue weighted by Gasteiger charge is -2.15. The molecule has 3 aromatic heterocycles. The number of amides is 1. The number of thiophene rings is 1. The molecule has 0 aliphatic rings. The minimum atomic E-state index is -0.304. The molecule has 0 saturated heterocycles. The molecule has 136 valence electrons. The van der Waals surface area contributed by atoms with Crippen LogP contribution in [-0.2, 0) is 11.8 Å². The lowest BCUT2D eigenvalue weighted by molar-refractivity contribution is -0.116. The molecule has 4 aromatic rings. The Morgan fingerprint density at radius 1 is 1.30 bits per heavy atom. The number of rotatable bonds is 5. The molecule has 10 heteroatoms. The highest BCUT2D eigenvalue weighted by atomic mass is 32.1. The molecule has 1 atom stereocenters. The van der Waals surface area contributed by atoms with Crippen molar-refractivity contribution in [1.82, 2.24) is 29.8 Å². The summed E-state index contributed by atoms with van der Waals surface area (Å²) in [6.07, 6.45) is 3.12. The number of aromatic nitrogens is 6. The van der Waals surface area contributed by atoms with Gasteiger partial charge in [-0.05, 0) is 51.0 Å². The molecule has 0 saturated carbocycles. The maximum absolute atomic E-state index is 12.6. The third-order valence-corrected chi connectivity index (χ3v) is 4.89. The number of hydrogen-bond acceptors (Lipinski definition) is 7. The number of carbonyl (C=O) groups is 1. The van der Waals surface area contributed by atoms with E-state index in [1.807, 2.05) is 16.8 Å². The predicted molar refractivity (Wildman–Crippen MR) is 101 cm³/mol. The van der Waals surface area contributed by atoms with E-state index >= 15 is 0 Å². The molecule has 1 unspecified atom stereocenters. The molecule has 4 rings (SSSR count). The quantitative estimate of drug-likeness (QED) is 0.563. The molecular formula is C17H15N7O2S. The first-order valence-electron chi connectivity index (χ1n) is 8.11. The maximum Gasteiger partial charge on any atom is 0.260 e. The second-order valence-electron chi connectivity index (χ2n) is 6.01. The van der Waals surface area contributed by atoms with Crippen molar-refractivity contribution in [3.63, 3.8) is 0 Å². The van der Waals surface area contributed by atoms with Gasteiger partial charge in [-0.25, -0.2) is 9.67 Å². The second kappa shape index (κ2) is 7.08. The van der Waals surface area contributed by atoms with Crippen LogP contribution >= 0.6 is 11.3 Å². The van der Waals surface area contributed by atoms with Crippen molar-refractivity contribution in [2.45, 2.75) is 12.5 Å². The Morgan fingerprint density at radius 2 is 2.19 bits per heavy atom. The molecule has 0 aliphatic heterocycles. The first-order chi connectivity index (χ1) is 13.1. The largest absolute Gasteiger partial charge is 0.326 e. The number of hydrogen-bond donors (Lipinski definition) is 1. The topological polar surface area (TPSA) is 108 Å². The zero-order valence-electron chi connectivity index (χ0n) is 14.3. The Morgan fingerprint density at radius 3 is 2.93 bits per heavy atom. The molecule has 0 fully saturated rings. The first-order valence-corrected chi connectivity index (χ1v) is 9.06. The van der Waals surface area contributed by atoms with Crippen molar-refractivity contribution in [3.05, 3.63) is 63.6 Å². The van der Waals surface area contributed by atoms with Crippen molar-refractivity contribution in [2.75, 3.05) is 5.32 Å². The fraction of sp³-hybridized carbons (Fsp3) is 0.176. The van der Waals surface area contributed by atoms with E-state index in [1.165, 1.54) is 17.2 Å². The average molecular weight is 381 g/mol. The third kappa shape index (κ3) is 3.47. The third-order valence-electron chi connectivity index (χ3n) is 4.19. The van der Waals surface area contributed by atoms with Crippen LogP contribution in [0.2, 0.25) is 0 Å². The van der Waals surface area contributed by atoms with Crippen LogP contribution in [0, 0.1) is 0 Å². The highest BCUT2D eigenvalue weighted by Gasteiger charge is 2.20. The number of nitrogens with zero attached hydrogens (tertiary/aromatic N) is 6. The summed E-state index contributed by atoms with van der Waals surface area (Å²) < 4.78 is 2.96. The number of nitrogens with one attached hydrogen (secondary N) is 1. The second-order valence-corrected chi connectivity index (χ2v) is 6.79. The molecule has 0 aliphatic carbocycles. The van der Waals surface area contributed by atoms with E-state index in [2.05, 4.69) is 25.8 Å². The molecule has 3 heterocycles. The molecule has 1 N–H and O–H groups in total. The molecule has 0 spiro atoms. The number of aryl methyl sites for hydroxylation is 1. The van der Waals surface area contributed by atoms with Gasteiger partial charge in [-0.1, -0.05) is 0 Å². The Kier molecular flexibility index (Phi) is 4.47. The molecule has 0 bridgehead atoms. The Labute approximate surface area is 157 Å². The van der Waals surface area contributed by atoms with Crippen LogP contribution in [0.5, 0.6) is 0 Å². The van der Waals surface area contributed by atoms with Gasteiger partial charge in [0, 0.05) is 12.7 Å². The van der Waals surface area contributed by atoms with Gasteiger partial charge in [-0.2, -0.15) is 11.3 Å². The minimum Gasteiger partial charge on any atom is -0.326 e.